The molecule has 3 N–H and O–H groups in total. The number of fused-ring (bicyclic) bond motifs is 1. The lowest BCUT2D eigenvalue weighted by molar-refractivity contribution is -0.181. The van der Waals surface area contributed by atoms with Gasteiger partial charge in [0.15, 0.2) is 0 Å². The van der Waals surface area contributed by atoms with Crippen molar-refractivity contribution < 1.29 is 29.5 Å². The Kier molecular flexibility index (Phi) is 7.15. The molecule has 0 bridgehead atoms. The molecule has 2 aliphatic rings. The van der Waals surface area contributed by atoms with Crippen LogP contribution in [0.5, 0.6) is 5.75 Å². The van der Waals surface area contributed by atoms with E-state index in [1.54, 1.807) is 0 Å². The molecule has 190 valence electrons. The van der Waals surface area contributed by atoms with Gasteiger partial charge in [0, 0.05) is 6.42 Å². The first-order valence-electron chi connectivity index (χ1n) is 12.5. The molecule has 0 radical (unpaired) electrons. The number of aryl methyl sites for hydroxylation is 1. The fourth-order valence-corrected chi connectivity index (χ4v) is 5.14. The van der Waals surface area contributed by atoms with E-state index >= 15 is 0 Å². The van der Waals surface area contributed by atoms with Crippen LogP contribution in [0, 0.1) is 6.92 Å². The highest BCUT2D eigenvalue weighted by Gasteiger charge is 2.37. The van der Waals surface area contributed by atoms with Gasteiger partial charge in [-0.2, -0.15) is 0 Å². The summed E-state index contributed by atoms with van der Waals surface area (Å²) in [6.07, 6.45) is -2.13. The molecule has 6 nitrogen and oxygen atoms in total. The van der Waals surface area contributed by atoms with Crippen LogP contribution in [-0.2, 0) is 28.1 Å². The summed E-state index contributed by atoms with van der Waals surface area (Å²) in [4.78, 5) is 0. The fraction of sp³-hybridized carbons (Fsp3) is 0.400. The summed E-state index contributed by atoms with van der Waals surface area (Å²) in [5.41, 5.74) is 6.37. The average Bonchev–Trinajstić information content (AvgIpc) is 3.23. The summed E-state index contributed by atoms with van der Waals surface area (Å²) >= 11 is 0. The summed E-state index contributed by atoms with van der Waals surface area (Å²) in [5.74, 6) is 0.802. The predicted octanol–water partition coefficient (Wildman–Crippen LogP) is 3.95. The van der Waals surface area contributed by atoms with E-state index in [0.717, 1.165) is 28.9 Å². The number of hydrogen-bond acceptors (Lipinski definition) is 6. The van der Waals surface area contributed by atoms with E-state index in [2.05, 4.69) is 50.2 Å². The quantitative estimate of drug-likeness (QED) is 0.465. The van der Waals surface area contributed by atoms with E-state index < -0.39 is 23.9 Å². The van der Waals surface area contributed by atoms with Crippen LogP contribution in [0.2, 0.25) is 0 Å². The van der Waals surface area contributed by atoms with E-state index in [0.29, 0.717) is 19.6 Å². The van der Waals surface area contributed by atoms with Crippen molar-refractivity contribution >= 4 is 0 Å². The Morgan fingerprint density at radius 2 is 1.81 bits per heavy atom. The molecule has 3 aromatic rings. The minimum atomic E-state index is -1.07. The van der Waals surface area contributed by atoms with Gasteiger partial charge in [-0.25, -0.2) is 0 Å². The number of aliphatic hydroxyl groups is 3. The van der Waals surface area contributed by atoms with Gasteiger partial charge in [0.2, 0.25) is 0 Å². The van der Waals surface area contributed by atoms with Crippen LogP contribution in [0.4, 0.5) is 0 Å². The van der Waals surface area contributed by atoms with Gasteiger partial charge in [-0.05, 0) is 65.8 Å². The number of ether oxygens (including phenoxy) is 3. The first-order chi connectivity index (χ1) is 17.4. The lowest BCUT2D eigenvalue weighted by Gasteiger charge is -2.36. The smallest absolute Gasteiger partial charge is 0.125 e. The van der Waals surface area contributed by atoms with Crippen LogP contribution in [-0.4, -0.2) is 46.8 Å². The molecular formula is C30H34O6. The maximum absolute atomic E-state index is 10.2. The summed E-state index contributed by atoms with van der Waals surface area (Å²) < 4.78 is 18.0. The Balaban J connectivity index is 1.24. The highest BCUT2D eigenvalue weighted by Crippen LogP contribution is 2.37. The molecule has 0 spiro atoms. The van der Waals surface area contributed by atoms with Crippen LogP contribution in [0.25, 0.3) is 0 Å². The third-order valence-electron chi connectivity index (χ3n) is 7.46. The molecule has 5 rings (SSSR count). The number of aliphatic hydroxyl groups excluding tert-OH is 3. The molecule has 2 aliphatic heterocycles. The minimum absolute atomic E-state index is 0.291. The highest BCUT2D eigenvalue weighted by molar-refractivity contribution is 5.39. The molecule has 0 aromatic heterocycles. The van der Waals surface area contributed by atoms with Crippen molar-refractivity contribution in [1.82, 2.24) is 0 Å². The first-order valence-corrected chi connectivity index (χ1v) is 12.5. The molecular weight excluding hydrogens is 456 g/mol. The van der Waals surface area contributed by atoms with Gasteiger partial charge in [0.1, 0.15) is 30.2 Å². The molecule has 1 fully saturated rings. The second-order valence-electron chi connectivity index (χ2n) is 10.1. The Morgan fingerprint density at radius 1 is 1.03 bits per heavy atom. The molecule has 3 aromatic carbocycles. The number of hydrogen-bond donors (Lipinski definition) is 3. The van der Waals surface area contributed by atoms with Crippen LogP contribution in [0.1, 0.15) is 52.8 Å². The summed E-state index contributed by atoms with van der Waals surface area (Å²) in [7, 11) is 0. The fourth-order valence-electron chi connectivity index (χ4n) is 5.14. The molecule has 1 saturated heterocycles. The molecule has 0 saturated carbocycles. The van der Waals surface area contributed by atoms with Crippen molar-refractivity contribution in [1.29, 1.82) is 0 Å². The van der Waals surface area contributed by atoms with Crippen molar-refractivity contribution in [3.8, 4) is 5.75 Å². The van der Waals surface area contributed by atoms with Crippen molar-refractivity contribution in [2.75, 3.05) is 13.2 Å². The molecule has 2 heterocycles. The third-order valence-corrected chi connectivity index (χ3v) is 7.46. The Bertz CT molecular complexity index is 1190. The van der Waals surface area contributed by atoms with E-state index in [1.807, 2.05) is 30.3 Å². The predicted molar refractivity (Wildman–Crippen MR) is 136 cm³/mol. The zero-order chi connectivity index (χ0) is 25.3. The van der Waals surface area contributed by atoms with Gasteiger partial charge in [0.05, 0.1) is 25.4 Å². The maximum atomic E-state index is 10.2. The van der Waals surface area contributed by atoms with Crippen LogP contribution < -0.4 is 4.74 Å². The van der Waals surface area contributed by atoms with E-state index in [1.165, 1.54) is 16.7 Å². The highest BCUT2D eigenvalue weighted by atomic mass is 16.5. The summed E-state index contributed by atoms with van der Waals surface area (Å²) in [5, 5.41) is 29.7. The van der Waals surface area contributed by atoms with Gasteiger partial charge in [-0.1, -0.05) is 54.6 Å². The largest absolute Gasteiger partial charge is 0.490 e. The zero-order valence-electron chi connectivity index (χ0n) is 20.8. The van der Waals surface area contributed by atoms with Crippen LogP contribution in [0.3, 0.4) is 0 Å². The average molecular weight is 491 g/mol. The monoisotopic (exact) mass is 490 g/mol. The molecule has 36 heavy (non-hydrogen) atoms. The van der Waals surface area contributed by atoms with Crippen molar-refractivity contribution in [3.63, 3.8) is 0 Å². The topological polar surface area (TPSA) is 88.4 Å². The van der Waals surface area contributed by atoms with Gasteiger partial charge in [-0.3, -0.25) is 0 Å². The molecule has 6 heteroatoms. The molecule has 1 unspecified atom stereocenters. The van der Waals surface area contributed by atoms with Crippen LogP contribution in [0.15, 0.2) is 66.7 Å². The van der Waals surface area contributed by atoms with Crippen molar-refractivity contribution in [2.24, 2.45) is 0 Å². The molecule has 0 aliphatic carbocycles. The summed E-state index contributed by atoms with van der Waals surface area (Å²) in [6.45, 7) is 4.87. The van der Waals surface area contributed by atoms with Gasteiger partial charge in [0.25, 0.3) is 0 Å². The Hall–Kier alpha value is -2.74. The SMILES string of the molecule is Cc1ccc([C@H]2C[C@@H](O)[C@H](O)[C@@H](CO)O2)cc1Cc1ccc(OCC2(C)OCc3ccccc32)cc1. The molecule has 0 amide bonds. The standard InChI is InChI=1S/C30H34O6/c1-19-7-10-21(27-15-26(32)29(33)28(16-31)36-27)14-23(19)13-20-8-11-24(12-9-20)34-18-30(2)25-6-4-3-5-22(25)17-35-30/h3-12,14,26-29,31-33H,13,15-18H2,1-2H3/t26-,27-,28-,29+,30?/m1/s1. The normalized spacial score (nSPS) is 27.6. The number of rotatable bonds is 7. The maximum Gasteiger partial charge on any atom is 0.125 e. The first kappa shape index (κ1) is 24.9. The van der Waals surface area contributed by atoms with Crippen molar-refractivity contribution in [2.45, 2.75) is 63.3 Å². The Labute approximate surface area is 212 Å². The lowest BCUT2D eigenvalue weighted by Crippen LogP contribution is -2.47. The van der Waals surface area contributed by atoms with E-state index in [4.69, 9.17) is 14.2 Å². The van der Waals surface area contributed by atoms with E-state index in [-0.39, 0.29) is 12.7 Å². The molecule has 5 atom stereocenters. The van der Waals surface area contributed by atoms with Gasteiger partial charge >= 0.3 is 0 Å². The van der Waals surface area contributed by atoms with Gasteiger partial charge < -0.3 is 29.5 Å². The van der Waals surface area contributed by atoms with Crippen LogP contribution >= 0.6 is 0 Å². The van der Waals surface area contributed by atoms with Gasteiger partial charge in [-0.15, -0.1) is 0 Å². The number of benzene rings is 3. The summed E-state index contributed by atoms with van der Waals surface area (Å²) in [6, 6.07) is 22.6. The second kappa shape index (κ2) is 10.3. The minimum Gasteiger partial charge on any atom is -0.490 e. The van der Waals surface area contributed by atoms with E-state index in [9.17, 15) is 15.3 Å². The zero-order valence-corrected chi connectivity index (χ0v) is 20.8. The second-order valence-corrected chi connectivity index (χ2v) is 10.1. The third kappa shape index (κ3) is 5.05. The van der Waals surface area contributed by atoms with Crippen molar-refractivity contribution in [3.05, 3.63) is 100 Å². The Morgan fingerprint density at radius 3 is 2.58 bits per heavy atom. The lowest BCUT2D eigenvalue weighted by atomic mass is 9.91.